The number of rotatable bonds is 5. The molecule has 2 spiro atoms. The lowest BCUT2D eigenvalue weighted by molar-refractivity contribution is -0.393. The molecule has 1 saturated carbocycles. The van der Waals surface area contributed by atoms with E-state index in [4.69, 9.17) is 18.9 Å². The van der Waals surface area contributed by atoms with Gasteiger partial charge in [-0.2, -0.15) is 0 Å². The minimum absolute atomic E-state index is 0.0430. The van der Waals surface area contributed by atoms with Gasteiger partial charge in [0.1, 0.15) is 0 Å². The standard InChI is InChI=1S/C28H38O6/c1-3-25(15-29)17-31-27(32-18-25)12-24(23-10-9-21-7-5-6-8-22(21)11-23)13-28(14-27)33-19-26(4-2,16-30)20-34-28/h5-11,24,29-30H,3-4,12-20H2,1-2H3. The zero-order valence-electron chi connectivity index (χ0n) is 20.4. The van der Waals surface area contributed by atoms with E-state index in [0.29, 0.717) is 45.7 Å². The van der Waals surface area contributed by atoms with Crippen molar-refractivity contribution in [3.63, 3.8) is 0 Å². The summed E-state index contributed by atoms with van der Waals surface area (Å²) in [5, 5.41) is 22.4. The molecule has 2 aromatic rings. The third kappa shape index (κ3) is 4.29. The van der Waals surface area contributed by atoms with Gasteiger partial charge < -0.3 is 29.2 Å². The summed E-state index contributed by atoms with van der Waals surface area (Å²) in [5.74, 6) is -1.52. The Morgan fingerprint density at radius 3 is 1.71 bits per heavy atom. The fourth-order valence-corrected chi connectivity index (χ4v) is 5.63. The van der Waals surface area contributed by atoms with E-state index in [1.54, 1.807) is 0 Å². The first-order valence-corrected chi connectivity index (χ1v) is 12.7. The molecule has 0 atom stereocenters. The molecule has 0 bridgehead atoms. The van der Waals surface area contributed by atoms with Gasteiger partial charge in [-0.05, 0) is 35.1 Å². The van der Waals surface area contributed by atoms with Gasteiger partial charge in [-0.25, -0.2) is 0 Å². The highest BCUT2D eigenvalue weighted by molar-refractivity contribution is 5.83. The second-order valence-corrected chi connectivity index (χ2v) is 10.9. The Kier molecular flexibility index (Phi) is 6.51. The summed E-state index contributed by atoms with van der Waals surface area (Å²) in [6, 6.07) is 15.0. The lowest BCUT2D eigenvalue weighted by atomic mass is 9.74. The van der Waals surface area contributed by atoms with E-state index in [1.807, 2.05) is 0 Å². The zero-order chi connectivity index (χ0) is 23.9. The van der Waals surface area contributed by atoms with Crippen LogP contribution in [-0.4, -0.2) is 61.4 Å². The Bertz CT molecular complexity index is 935. The first kappa shape index (κ1) is 24.2. The van der Waals surface area contributed by atoms with Crippen LogP contribution in [0.1, 0.15) is 57.4 Å². The summed E-state index contributed by atoms with van der Waals surface area (Å²) in [4.78, 5) is 0. The third-order valence-electron chi connectivity index (χ3n) is 8.63. The maximum absolute atomic E-state index is 9.98. The lowest BCUT2D eigenvalue weighted by Gasteiger charge is -2.56. The molecule has 2 aliphatic heterocycles. The van der Waals surface area contributed by atoms with Crippen LogP contribution in [0.25, 0.3) is 10.8 Å². The van der Waals surface area contributed by atoms with Gasteiger partial charge in [0.25, 0.3) is 0 Å². The zero-order valence-corrected chi connectivity index (χ0v) is 20.4. The molecule has 0 radical (unpaired) electrons. The second kappa shape index (κ2) is 9.16. The average molecular weight is 471 g/mol. The predicted octanol–water partition coefficient (Wildman–Crippen LogP) is 4.37. The molecule has 2 aromatic carbocycles. The Labute approximate surface area is 202 Å². The van der Waals surface area contributed by atoms with Gasteiger partial charge in [0.15, 0.2) is 11.6 Å². The summed E-state index contributed by atoms with van der Waals surface area (Å²) in [6.07, 6.45) is 3.50. The maximum Gasteiger partial charge on any atom is 0.174 e. The molecule has 2 N–H and O–H groups in total. The first-order valence-electron chi connectivity index (χ1n) is 12.7. The van der Waals surface area contributed by atoms with E-state index in [0.717, 1.165) is 12.8 Å². The van der Waals surface area contributed by atoms with Crippen molar-refractivity contribution in [1.29, 1.82) is 0 Å². The summed E-state index contributed by atoms with van der Waals surface area (Å²) < 4.78 is 25.9. The number of hydrogen-bond acceptors (Lipinski definition) is 6. The van der Waals surface area contributed by atoms with E-state index in [9.17, 15) is 10.2 Å². The van der Waals surface area contributed by atoms with E-state index in [1.165, 1.54) is 16.3 Å². The van der Waals surface area contributed by atoms with Gasteiger partial charge in [0.05, 0.1) is 46.1 Å². The fourth-order valence-electron chi connectivity index (χ4n) is 5.63. The number of fused-ring (bicyclic) bond motifs is 1. The molecule has 5 rings (SSSR count). The molecule has 3 fully saturated rings. The molecule has 0 amide bonds. The van der Waals surface area contributed by atoms with Crippen LogP contribution in [-0.2, 0) is 18.9 Å². The van der Waals surface area contributed by atoms with Gasteiger partial charge >= 0.3 is 0 Å². The number of benzene rings is 2. The quantitative estimate of drug-likeness (QED) is 0.676. The number of hydrogen-bond donors (Lipinski definition) is 2. The molecular weight excluding hydrogens is 432 g/mol. The van der Waals surface area contributed by atoms with Gasteiger partial charge in [-0.15, -0.1) is 0 Å². The van der Waals surface area contributed by atoms with Crippen molar-refractivity contribution in [2.45, 2.75) is 63.4 Å². The van der Waals surface area contributed by atoms with Gasteiger partial charge in [0, 0.05) is 23.7 Å². The molecular formula is C28H38O6. The highest BCUT2D eigenvalue weighted by atomic mass is 16.7. The van der Waals surface area contributed by atoms with E-state index >= 15 is 0 Å². The van der Waals surface area contributed by atoms with Crippen molar-refractivity contribution < 1.29 is 29.2 Å². The largest absolute Gasteiger partial charge is 0.396 e. The molecule has 0 unspecified atom stereocenters. The van der Waals surface area contributed by atoms with Crippen LogP contribution in [0, 0.1) is 10.8 Å². The van der Waals surface area contributed by atoms with Crippen molar-refractivity contribution in [1.82, 2.24) is 0 Å². The van der Waals surface area contributed by atoms with Crippen LogP contribution in [0.4, 0.5) is 0 Å². The molecule has 1 aliphatic carbocycles. The SMILES string of the molecule is CCC1(CO)COC2(CC(c3ccc4ccccc4c3)CC3(C2)OCC(CC)(CO)CO3)OC1. The second-order valence-electron chi connectivity index (χ2n) is 10.9. The number of ether oxygens (including phenoxy) is 4. The molecule has 3 aliphatic rings. The number of aliphatic hydroxyl groups is 2. The van der Waals surface area contributed by atoms with Crippen molar-refractivity contribution >= 4 is 10.8 Å². The average Bonchev–Trinajstić information content (AvgIpc) is 2.90. The molecule has 0 aromatic heterocycles. The molecule has 34 heavy (non-hydrogen) atoms. The van der Waals surface area contributed by atoms with Crippen molar-refractivity contribution in [3.05, 3.63) is 48.0 Å². The smallest absolute Gasteiger partial charge is 0.174 e. The van der Waals surface area contributed by atoms with Crippen molar-refractivity contribution in [2.75, 3.05) is 39.6 Å². The van der Waals surface area contributed by atoms with Crippen molar-refractivity contribution in [3.8, 4) is 0 Å². The first-order chi connectivity index (χ1) is 16.4. The summed E-state index contributed by atoms with van der Waals surface area (Å²) >= 11 is 0. The molecule has 6 nitrogen and oxygen atoms in total. The summed E-state index contributed by atoms with van der Waals surface area (Å²) in [6.45, 7) is 6.03. The normalized spacial score (nSPS) is 38.5. The minimum Gasteiger partial charge on any atom is -0.396 e. The van der Waals surface area contributed by atoms with Crippen LogP contribution in [0.3, 0.4) is 0 Å². The fraction of sp³-hybridized carbons (Fsp3) is 0.643. The van der Waals surface area contributed by atoms with E-state index in [-0.39, 0.29) is 30.0 Å². The Balaban J connectivity index is 1.46. The Morgan fingerprint density at radius 1 is 0.735 bits per heavy atom. The Hall–Kier alpha value is -1.54. The third-order valence-corrected chi connectivity index (χ3v) is 8.63. The summed E-state index contributed by atoms with van der Waals surface area (Å²) in [5.41, 5.74) is 0.494. The maximum atomic E-state index is 9.98. The molecule has 2 heterocycles. The van der Waals surface area contributed by atoms with Crippen LogP contribution < -0.4 is 0 Å². The van der Waals surface area contributed by atoms with Crippen LogP contribution in [0.2, 0.25) is 0 Å². The van der Waals surface area contributed by atoms with Crippen LogP contribution >= 0.6 is 0 Å². The van der Waals surface area contributed by atoms with Gasteiger partial charge in [-0.3, -0.25) is 0 Å². The summed E-state index contributed by atoms with van der Waals surface area (Å²) in [7, 11) is 0. The topological polar surface area (TPSA) is 77.4 Å². The molecule has 2 saturated heterocycles. The number of aliphatic hydroxyl groups excluding tert-OH is 2. The Morgan fingerprint density at radius 2 is 1.24 bits per heavy atom. The van der Waals surface area contributed by atoms with Crippen LogP contribution in [0.5, 0.6) is 0 Å². The molecule has 186 valence electrons. The van der Waals surface area contributed by atoms with Crippen LogP contribution in [0.15, 0.2) is 42.5 Å². The highest BCUT2D eigenvalue weighted by Gasteiger charge is 2.57. The molecule has 6 heteroatoms. The van der Waals surface area contributed by atoms with Gasteiger partial charge in [0.2, 0.25) is 0 Å². The van der Waals surface area contributed by atoms with Crippen molar-refractivity contribution in [2.24, 2.45) is 10.8 Å². The van der Waals surface area contributed by atoms with Gasteiger partial charge in [-0.1, -0.05) is 56.3 Å². The minimum atomic E-state index is -0.826. The highest BCUT2D eigenvalue weighted by Crippen LogP contribution is 2.53. The van der Waals surface area contributed by atoms with E-state index in [2.05, 4.69) is 56.3 Å². The monoisotopic (exact) mass is 470 g/mol. The van der Waals surface area contributed by atoms with E-state index < -0.39 is 11.6 Å². The predicted molar refractivity (Wildman–Crippen MR) is 129 cm³/mol. The lowest BCUT2D eigenvalue weighted by Crippen LogP contribution is -2.61.